The van der Waals surface area contributed by atoms with Gasteiger partial charge in [0.05, 0.1) is 5.69 Å². The van der Waals surface area contributed by atoms with Gasteiger partial charge in [-0.1, -0.05) is 25.0 Å². The fourth-order valence-electron chi connectivity index (χ4n) is 3.24. The third kappa shape index (κ3) is 2.04. The third-order valence-electron chi connectivity index (χ3n) is 4.05. The van der Waals surface area contributed by atoms with Gasteiger partial charge in [-0.2, -0.15) is 0 Å². The van der Waals surface area contributed by atoms with Gasteiger partial charge in [-0.25, -0.2) is 4.39 Å². The minimum atomic E-state index is -0.0845. The van der Waals surface area contributed by atoms with E-state index in [4.69, 9.17) is 0 Å². The van der Waals surface area contributed by atoms with Crippen LogP contribution in [0.4, 0.5) is 10.1 Å². The molecule has 92 valence electrons. The highest BCUT2D eigenvalue weighted by atomic mass is 19.1. The summed E-state index contributed by atoms with van der Waals surface area (Å²) in [5.74, 6) is -0.0845. The van der Waals surface area contributed by atoms with Crippen molar-refractivity contribution in [3.63, 3.8) is 0 Å². The molecule has 3 heteroatoms. The SMILES string of the molecule is Fc1ccccc1N1CCN[C@H]2CCCC[C@H]21. The van der Waals surface area contributed by atoms with Gasteiger partial charge in [-0.3, -0.25) is 0 Å². The summed E-state index contributed by atoms with van der Waals surface area (Å²) in [6.45, 7) is 1.89. The molecule has 1 aromatic carbocycles. The molecule has 1 N–H and O–H groups in total. The zero-order chi connectivity index (χ0) is 11.7. The molecular weight excluding hydrogens is 215 g/mol. The second-order valence-corrected chi connectivity index (χ2v) is 5.06. The standard InChI is InChI=1S/C14H19FN2/c15-11-5-1-3-7-13(11)17-10-9-16-12-6-2-4-8-14(12)17/h1,3,5,7,12,14,16H,2,4,6,8-10H2/t12-,14+/m0/s1. The van der Waals surface area contributed by atoms with Crippen LogP contribution in [0.15, 0.2) is 24.3 Å². The van der Waals surface area contributed by atoms with Crippen molar-refractivity contribution in [1.82, 2.24) is 5.32 Å². The quantitative estimate of drug-likeness (QED) is 0.803. The fraction of sp³-hybridized carbons (Fsp3) is 0.571. The molecule has 1 aliphatic heterocycles. The minimum Gasteiger partial charge on any atom is -0.363 e. The number of halogens is 1. The lowest BCUT2D eigenvalue weighted by molar-refractivity contribution is 0.282. The van der Waals surface area contributed by atoms with Gasteiger partial charge in [0.25, 0.3) is 0 Å². The van der Waals surface area contributed by atoms with Crippen molar-refractivity contribution in [3.8, 4) is 0 Å². The van der Waals surface area contributed by atoms with Gasteiger partial charge in [-0.15, -0.1) is 0 Å². The van der Waals surface area contributed by atoms with Crippen LogP contribution in [0.25, 0.3) is 0 Å². The molecule has 2 nitrogen and oxygen atoms in total. The van der Waals surface area contributed by atoms with Crippen LogP contribution in [0.3, 0.4) is 0 Å². The zero-order valence-electron chi connectivity index (χ0n) is 10.0. The van der Waals surface area contributed by atoms with Gasteiger partial charge in [0.1, 0.15) is 5.82 Å². The van der Waals surface area contributed by atoms with Gasteiger partial charge in [-0.05, 0) is 25.0 Å². The molecule has 3 rings (SSSR count). The molecule has 0 aromatic heterocycles. The van der Waals surface area contributed by atoms with Crippen molar-refractivity contribution in [3.05, 3.63) is 30.1 Å². The molecule has 1 saturated carbocycles. The van der Waals surface area contributed by atoms with E-state index in [0.29, 0.717) is 12.1 Å². The first kappa shape index (κ1) is 11.0. The third-order valence-corrected chi connectivity index (χ3v) is 4.05. The number of anilines is 1. The van der Waals surface area contributed by atoms with Crippen molar-refractivity contribution < 1.29 is 4.39 Å². The van der Waals surface area contributed by atoms with Crippen LogP contribution >= 0.6 is 0 Å². The van der Waals surface area contributed by atoms with Gasteiger partial charge < -0.3 is 10.2 Å². The number of hydrogen-bond donors (Lipinski definition) is 1. The molecule has 0 unspecified atom stereocenters. The summed E-state index contributed by atoms with van der Waals surface area (Å²) in [4.78, 5) is 2.27. The summed E-state index contributed by atoms with van der Waals surface area (Å²) in [6, 6.07) is 8.20. The molecule has 2 atom stereocenters. The maximum absolute atomic E-state index is 13.9. The van der Waals surface area contributed by atoms with E-state index in [1.165, 1.54) is 25.7 Å². The lowest BCUT2D eigenvalue weighted by Crippen LogP contribution is -2.59. The molecule has 0 bridgehead atoms. The molecule has 1 saturated heterocycles. The molecule has 0 radical (unpaired) electrons. The zero-order valence-corrected chi connectivity index (χ0v) is 10.0. The van der Waals surface area contributed by atoms with Crippen LogP contribution < -0.4 is 10.2 Å². The number of fused-ring (bicyclic) bond motifs is 1. The van der Waals surface area contributed by atoms with E-state index in [2.05, 4.69) is 10.2 Å². The van der Waals surface area contributed by atoms with Gasteiger partial charge in [0.2, 0.25) is 0 Å². The van der Waals surface area contributed by atoms with E-state index in [0.717, 1.165) is 18.8 Å². The first-order valence-corrected chi connectivity index (χ1v) is 6.61. The minimum absolute atomic E-state index is 0.0845. The van der Waals surface area contributed by atoms with Gasteiger partial charge >= 0.3 is 0 Å². The molecule has 1 aromatic rings. The molecule has 1 aliphatic carbocycles. The number of benzene rings is 1. The summed E-state index contributed by atoms with van der Waals surface area (Å²) in [5, 5.41) is 3.58. The van der Waals surface area contributed by atoms with Crippen LogP contribution in [-0.4, -0.2) is 25.2 Å². The molecule has 17 heavy (non-hydrogen) atoms. The first-order chi connectivity index (χ1) is 8.36. The molecule has 2 aliphatic rings. The van der Waals surface area contributed by atoms with E-state index in [1.54, 1.807) is 12.1 Å². The Morgan fingerprint density at radius 3 is 2.88 bits per heavy atom. The molecule has 2 fully saturated rings. The maximum Gasteiger partial charge on any atom is 0.146 e. The molecule has 0 amide bonds. The van der Waals surface area contributed by atoms with Crippen molar-refractivity contribution in [2.24, 2.45) is 0 Å². The summed E-state index contributed by atoms with van der Waals surface area (Å²) in [6.07, 6.45) is 4.99. The number of nitrogens with one attached hydrogen (secondary N) is 1. The summed E-state index contributed by atoms with van der Waals surface area (Å²) >= 11 is 0. The Balaban J connectivity index is 1.88. The van der Waals surface area contributed by atoms with Crippen LogP contribution in [0, 0.1) is 5.82 Å². The van der Waals surface area contributed by atoms with Crippen LogP contribution in [0.1, 0.15) is 25.7 Å². The lowest BCUT2D eigenvalue weighted by atomic mass is 9.87. The number of nitrogens with zero attached hydrogens (tertiary/aromatic N) is 1. The Morgan fingerprint density at radius 1 is 1.18 bits per heavy atom. The van der Waals surface area contributed by atoms with Crippen molar-refractivity contribution >= 4 is 5.69 Å². The van der Waals surface area contributed by atoms with Crippen LogP contribution in [0.2, 0.25) is 0 Å². The number of rotatable bonds is 1. The normalized spacial score (nSPS) is 28.9. The number of piperazine rings is 1. The smallest absolute Gasteiger partial charge is 0.146 e. The Kier molecular flexibility index (Phi) is 3.02. The van der Waals surface area contributed by atoms with Crippen LogP contribution in [-0.2, 0) is 0 Å². The molecular formula is C14H19FN2. The van der Waals surface area contributed by atoms with E-state index in [-0.39, 0.29) is 5.82 Å². The highest BCUT2D eigenvalue weighted by molar-refractivity contribution is 5.49. The van der Waals surface area contributed by atoms with Gasteiger partial charge in [0, 0.05) is 25.2 Å². The lowest BCUT2D eigenvalue weighted by Gasteiger charge is -2.46. The Morgan fingerprint density at radius 2 is 2.00 bits per heavy atom. The van der Waals surface area contributed by atoms with Crippen LogP contribution in [0.5, 0.6) is 0 Å². The van der Waals surface area contributed by atoms with Crippen molar-refractivity contribution in [1.29, 1.82) is 0 Å². The van der Waals surface area contributed by atoms with Gasteiger partial charge in [0.15, 0.2) is 0 Å². The largest absolute Gasteiger partial charge is 0.363 e. The Hall–Kier alpha value is -1.09. The highest BCUT2D eigenvalue weighted by Gasteiger charge is 2.33. The monoisotopic (exact) mass is 234 g/mol. The summed E-state index contributed by atoms with van der Waals surface area (Å²) in [5.41, 5.74) is 0.783. The fourth-order valence-corrected chi connectivity index (χ4v) is 3.24. The Labute approximate surface area is 102 Å². The first-order valence-electron chi connectivity index (χ1n) is 6.61. The van der Waals surface area contributed by atoms with E-state index < -0.39 is 0 Å². The van der Waals surface area contributed by atoms with Crippen molar-refractivity contribution in [2.45, 2.75) is 37.8 Å². The van der Waals surface area contributed by atoms with Crippen molar-refractivity contribution in [2.75, 3.05) is 18.0 Å². The average molecular weight is 234 g/mol. The predicted molar refractivity (Wildman–Crippen MR) is 67.8 cm³/mol. The summed E-state index contributed by atoms with van der Waals surface area (Å²) in [7, 11) is 0. The van der Waals surface area contributed by atoms with E-state index >= 15 is 0 Å². The van der Waals surface area contributed by atoms with E-state index in [9.17, 15) is 4.39 Å². The second-order valence-electron chi connectivity index (χ2n) is 5.06. The highest BCUT2D eigenvalue weighted by Crippen LogP contribution is 2.30. The van der Waals surface area contributed by atoms with E-state index in [1.807, 2.05) is 12.1 Å². The number of hydrogen-bond acceptors (Lipinski definition) is 2. The molecule has 1 heterocycles. The summed E-state index contributed by atoms with van der Waals surface area (Å²) < 4.78 is 13.9. The topological polar surface area (TPSA) is 15.3 Å². The molecule has 0 spiro atoms. The predicted octanol–water partition coefficient (Wildman–Crippen LogP) is 2.55. The number of para-hydroxylation sites is 1. The second kappa shape index (κ2) is 4.65. The Bertz CT molecular complexity index is 392. The maximum atomic E-state index is 13.9. The average Bonchev–Trinajstić information content (AvgIpc) is 2.39.